The van der Waals surface area contributed by atoms with Gasteiger partial charge in [0.05, 0.1) is 0 Å². The molecule has 0 bridgehead atoms. The zero-order valence-corrected chi connectivity index (χ0v) is 12.5. The zero-order valence-electron chi connectivity index (χ0n) is 12.5. The molecule has 2 aromatic rings. The third-order valence-electron chi connectivity index (χ3n) is 3.86. The average molecular weight is 282 g/mol. The average Bonchev–Trinajstić information content (AvgIpc) is 2.98. The predicted octanol–water partition coefficient (Wildman–Crippen LogP) is 3.67. The van der Waals surface area contributed by atoms with Gasteiger partial charge in [-0.1, -0.05) is 25.1 Å². The maximum absolute atomic E-state index is 5.82. The van der Waals surface area contributed by atoms with Crippen LogP contribution in [-0.4, -0.2) is 25.7 Å². The Labute approximate surface area is 126 Å². The van der Waals surface area contributed by atoms with Crippen LogP contribution in [-0.2, 0) is 0 Å². The minimum atomic E-state index is 0.621. The summed E-state index contributed by atoms with van der Waals surface area (Å²) in [4.78, 5) is 2.43. The number of para-hydroxylation sites is 1. The fourth-order valence-electron chi connectivity index (χ4n) is 2.80. The SMILES string of the molecule is CCNC1CCN(c2ccc(Oc3ccccc3)cc2)C1. The van der Waals surface area contributed by atoms with Crippen LogP contribution in [0.4, 0.5) is 5.69 Å². The molecule has 0 aliphatic carbocycles. The molecule has 3 nitrogen and oxygen atoms in total. The minimum Gasteiger partial charge on any atom is -0.457 e. The number of rotatable bonds is 5. The Morgan fingerprint density at radius 2 is 1.76 bits per heavy atom. The van der Waals surface area contributed by atoms with E-state index in [1.54, 1.807) is 0 Å². The van der Waals surface area contributed by atoms with Gasteiger partial charge in [-0.15, -0.1) is 0 Å². The quantitative estimate of drug-likeness (QED) is 0.905. The second kappa shape index (κ2) is 6.64. The van der Waals surface area contributed by atoms with Gasteiger partial charge in [-0.3, -0.25) is 0 Å². The van der Waals surface area contributed by atoms with Gasteiger partial charge >= 0.3 is 0 Å². The smallest absolute Gasteiger partial charge is 0.127 e. The summed E-state index contributed by atoms with van der Waals surface area (Å²) < 4.78 is 5.82. The molecule has 110 valence electrons. The van der Waals surface area contributed by atoms with E-state index >= 15 is 0 Å². The number of likely N-dealkylation sites (N-methyl/N-ethyl adjacent to an activating group) is 1. The second-order valence-corrected chi connectivity index (χ2v) is 5.40. The largest absolute Gasteiger partial charge is 0.457 e. The lowest BCUT2D eigenvalue weighted by molar-refractivity contribution is 0.482. The zero-order chi connectivity index (χ0) is 14.5. The second-order valence-electron chi connectivity index (χ2n) is 5.40. The van der Waals surface area contributed by atoms with Crippen LogP contribution in [0.3, 0.4) is 0 Å². The van der Waals surface area contributed by atoms with Crippen molar-refractivity contribution in [2.45, 2.75) is 19.4 Å². The number of nitrogens with one attached hydrogen (secondary N) is 1. The summed E-state index contributed by atoms with van der Waals surface area (Å²) in [6, 6.07) is 18.9. The molecular weight excluding hydrogens is 260 g/mol. The van der Waals surface area contributed by atoms with Crippen molar-refractivity contribution < 1.29 is 4.74 Å². The molecule has 2 aromatic carbocycles. The van der Waals surface area contributed by atoms with Gasteiger partial charge in [0, 0.05) is 24.8 Å². The van der Waals surface area contributed by atoms with Crippen molar-refractivity contribution >= 4 is 5.69 Å². The van der Waals surface area contributed by atoms with Crippen LogP contribution in [0, 0.1) is 0 Å². The summed E-state index contributed by atoms with van der Waals surface area (Å²) >= 11 is 0. The van der Waals surface area contributed by atoms with Gasteiger partial charge in [-0.25, -0.2) is 0 Å². The van der Waals surface area contributed by atoms with Gasteiger partial charge in [0.2, 0.25) is 0 Å². The molecule has 0 amide bonds. The Morgan fingerprint density at radius 3 is 2.48 bits per heavy atom. The van der Waals surface area contributed by atoms with Crippen LogP contribution in [0.2, 0.25) is 0 Å². The number of nitrogens with zero attached hydrogens (tertiary/aromatic N) is 1. The highest BCUT2D eigenvalue weighted by molar-refractivity contribution is 5.50. The number of hydrogen-bond acceptors (Lipinski definition) is 3. The van der Waals surface area contributed by atoms with E-state index < -0.39 is 0 Å². The van der Waals surface area contributed by atoms with Crippen LogP contribution in [0.25, 0.3) is 0 Å². The highest BCUT2D eigenvalue weighted by Crippen LogP contribution is 2.26. The van der Waals surface area contributed by atoms with Gasteiger partial charge in [-0.2, -0.15) is 0 Å². The summed E-state index contributed by atoms with van der Waals surface area (Å²) in [7, 11) is 0. The van der Waals surface area contributed by atoms with Crippen molar-refractivity contribution in [3.63, 3.8) is 0 Å². The van der Waals surface area contributed by atoms with Crippen LogP contribution >= 0.6 is 0 Å². The molecule has 0 radical (unpaired) electrons. The summed E-state index contributed by atoms with van der Waals surface area (Å²) in [6.07, 6.45) is 1.22. The lowest BCUT2D eigenvalue weighted by Gasteiger charge is -2.19. The molecule has 1 aliphatic rings. The Hall–Kier alpha value is -2.00. The van der Waals surface area contributed by atoms with Crippen molar-refractivity contribution in [3.05, 3.63) is 54.6 Å². The molecule has 0 spiro atoms. The molecule has 0 aromatic heterocycles. The summed E-state index contributed by atoms with van der Waals surface area (Å²) in [6.45, 7) is 5.42. The topological polar surface area (TPSA) is 24.5 Å². The molecule has 1 atom stereocenters. The Balaban J connectivity index is 1.62. The van der Waals surface area contributed by atoms with Crippen molar-refractivity contribution in [1.29, 1.82) is 0 Å². The van der Waals surface area contributed by atoms with Crippen LogP contribution in [0.5, 0.6) is 11.5 Å². The molecule has 3 rings (SSSR count). The normalized spacial score (nSPS) is 18.0. The van der Waals surface area contributed by atoms with Crippen LogP contribution in [0.1, 0.15) is 13.3 Å². The van der Waals surface area contributed by atoms with Gasteiger partial charge < -0.3 is 15.0 Å². The first-order chi connectivity index (χ1) is 10.3. The predicted molar refractivity (Wildman–Crippen MR) is 87.3 cm³/mol. The monoisotopic (exact) mass is 282 g/mol. The molecule has 1 heterocycles. The van der Waals surface area contributed by atoms with Crippen molar-refractivity contribution in [2.24, 2.45) is 0 Å². The summed E-state index contributed by atoms with van der Waals surface area (Å²) in [5, 5.41) is 3.52. The molecule has 1 fully saturated rings. The number of ether oxygens (including phenoxy) is 1. The molecule has 3 heteroatoms. The highest BCUT2D eigenvalue weighted by atomic mass is 16.5. The number of benzene rings is 2. The maximum Gasteiger partial charge on any atom is 0.127 e. The maximum atomic E-state index is 5.82. The van der Waals surface area contributed by atoms with E-state index in [9.17, 15) is 0 Å². The first-order valence-corrected chi connectivity index (χ1v) is 7.66. The van der Waals surface area contributed by atoms with E-state index in [1.165, 1.54) is 12.1 Å². The number of hydrogen-bond donors (Lipinski definition) is 1. The standard InChI is InChI=1S/C18H22N2O/c1-2-19-15-12-13-20(14-15)16-8-10-18(11-9-16)21-17-6-4-3-5-7-17/h3-11,15,19H,2,12-14H2,1H3. The Bertz CT molecular complexity index is 553. The molecule has 1 unspecified atom stereocenters. The summed E-state index contributed by atoms with van der Waals surface area (Å²) in [5.41, 5.74) is 1.27. The number of anilines is 1. The van der Waals surface area contributed by atoms with Gasteiger partial charge in [0.25, 0.3) is 0 Å². The molecule has 0 saturated carbocycles. The van der Waals surface area contributed by atoms with Gasteiger partial charge in [-0.05, 0) is 49.4 Å². The molecule has 21 heavy (non-hydrogen) atoms. The van der Waals surface area contributed by atoms with E-state index in [2.05, 4.69) is 29.3 Å². The van der Waals surface area contributed by atoms with Crippen molar-refractivity contribution in [3.8, 4) is 11.5 Å². The third kappa shape index (κ3) is 3.56. The molecule has 1 aliphatic heterocycles. The fourth-order valence-corrected chi connectivity index (χ4v) is 2.80. The lowest BCUT2D eigenvalue weighted by Crippen LogP contribution is -2.32. The lowest BCUT2D eigenvalue weighted by atomic mass is 10.2. The molecular formula is C18H22N2O. The van der Waals surface area contributed by atoms with E-state index in [4.69, 9.17) is 4.74 Å². The fraction of sp³-hybridized carbons (Fsp3) is 0.333. The Kier molecular flexibility index (Phi) is 4.41. The first-order valence-electron chi connectivity index (χ1n) is 7.66. The third-order valence-corrected chi connectivity index (χ3v) is 3.86. The van der Waals surface area contributed by atoms with Crippen LogP contribution < -0.4 is 15.0 Å². The van der Waals surface area contributed by atoms with E-state index in [0.717, 1.165) is 31.1 Å². The highest BCUT2D eigenvalue weighted by Gasteiger charge is 2.21. The molecule has 1 N–H and O–H groups in total. The van der Waals surface area contributed by atoms with E-state index in [1.807, 2.05) is 42.5 Å². The first kappa shape index (κ1) is 14.0. The van der Waals surface area contributed by atoms with Gasteiger partial charge in [0.1, 0.15) is 11.5 Å². The Morgan fingerprint density at radius 1 is 1.05 bits per heavy atom. The van der Waals surface area contributed by atoms with E-state index in [0.29, 0.717) is 6.04 Å². The molecule has 1 saturated heterocycles. The van der Waals surface area contributed by atoms with Crippen molar-refractivity contribution in [1.82, 2.24) is 5.32 Å². The van der Waals surface area contributed by atoms with E-state index in [-0.39, 0.29) is 0 Å². The van der Waals surface area contributed by atoms with Crippen molar-refractivity contribution in [2.75, 3.05) is 24.5 Å². The summed E-state index contributed by atoms with van der Waals surface area (Å²) in [5.74, 6) is 1.76. The van der Waals surface area contributed by atoms with Gasteiger partial charge in [0.15, 0.2) is 0 Å². The van der Waals surface area contributed by atoms with Crippen LogP contribution in [0.15, 0.2) is 54.6 Å². The minimum absolute atomic E-state index is 0.621.